The van der Waals surface area contributed by atoms with Gasteiger partial charge in [-0.15, -0.1) is 10.2 Å². The lowest BCUT2D eigenvalue weighted by Crippen LogP contribution is -2.34. The van der Waals surface area contributed by atoms with E-state index in [1.165, 1.54) is 32.1 Å². The first kappa shape index (κ1) is 14.3. The topological polar surface area (TPSA) is 51.0 Å². The molecule has 0 saturated heterocycles. The standard InChI is InChI=1S/C17H23N3O/c1-13(14-8-4-2-5-9-14)18-12-16-19-20-17(21-16)15-10-6-3-7-11-15/h3,6-7,10-11,13-14,18H,2,4-5,8-9,12H2,1H3. The van der Waals surface area contributed by atoms with Crippen LogP contribution in [-0.2, 0) is 6.54 Å². The average molecular weight is 285 g/mol. The maximum Gasteiger partial charge on any atom is 0.247 e. The molecule has 112 valence electrons. The van der Waals surface area contributed by atoms with E-state index in [4.69, 9.17) is 4.42 Å². The second kappa shape index (κ2) is 6.85. The zero-order chi connectivity index (χ0) is 14.5. The van der Waals surface area contributed by atoms with Crippen molar-refractivity contribution in [3.8, 4) is 11.5 Å². The Balaban J connectivity index is 1.55. The van der Waals surface area contributed by atoms with Crippen LogP contribution in [0.4, 0.5) is 0 Å². The molecule has 1 aromatic heterocycles. The zero-order valence-electron chi connectivity index (χ0n) is 12.6. The molecule has 1 aliphatic carbocycles. The summed E-state index contributed by atoms with van der Waals surface area (Å²) >= 11 is 0. The highest BCUT2D eigenvalue weighted by atomic mass is 16.4. The molecule has 0 spiro atoms. The zero-order valence-corrected chi connectivity index (χ0v) is 12.6. The summed E-state index contributed by atoms with van der Waals surface area (Å²) in [5, 5.41) is 11.8. The fourth-order valence-electron chi connectivity index (χ4n) is 3.07. The van der Waals surface area contributed by atoms with Gasteiger partial charge in [0.05, 0.1) is 6.54 Å². The molecule has 2 aromatic rings. The van der Waals surface area contributed by atoms with Gasteiger partial charge in [-0.25, -0.2) is 0 Å². The molecule has 21 heavy (non-hydrogen) atoms. The molecule has 1 unspecified atom stereocenters. The van der Waals surface area contributed by atoms with Crippen LogP contribution >= 0.6 is 0 Å². The monoisotopic (exact) mass is 285 g/mol. The Morgan fingerprint density at radius 2 is 1.90 bits per heavy atom. The van der Waals surface area contributed by atoms with E-state index < -0.39 is 0 Å². The van der Waals surface area contributed by atoms with E-state index in [1.54, 1.807) is 0 Å². The molecule has 3 rings (SSSR count). The van der Waals surface area contributed by atoms with Gasteiger partial charge < -0.3 is 9.73 Å². The number of nitrogens with zero attached hydrogens (tertiary/aromatic N) is 2. The molecule has 0 amide bonds. The molecule has 4 nitrogen and oxygen atoms in total. The van der Waals surface area contributed by atoms with E-state index in [2.05, 4.69) is 22.4 Å². The maximum absolute atomic E-state index is 5.72. The summed E-state index contributed by atoms with van der Waals surface area (Å²) in [5.74, 6) is 2.05. The molecule has 0 bridgehead atoms. The maximum atomic E-state index is 5.72. The fourth-order valence-corrected chi connectivity index (χ4v) is 3.07. The van der Waals surface area contributed by atoms with Gasteiger partial charge in [-0.3, -0.25) is 0 Å². The van der Waals surface area contributed by atoms with Gasteiger partial charge in [0.15, 0.2) is 0 Å². The highest BCUT2D eigenvalue weighted by Crippen LogP contribution is 2.26. The molecule has 1 fully saturated rings. The van der Waals surface area contributed by atoms with Crippen molar-refractivity contribution < 1.29 is 4.42 Å². The van der Waals surface area contributed by atoms with Crippen molar-refractivity contribution in [3.05, 3.63) is 36.2 Å². The minimum absolute atomic E-state index is 0.511. The predicted octanol–water partition coefficient (Wildman–Crippen LogP) is 3.80. The van der Waals surface area contributed by atoms with E-state index in [0.29, 0.717) is 24.4 Å². The van der Waals surface area contributed by atoms with Crippen molar-refractivity contribution in [2.24, 2.45) is 5.92 Å². The van der Waals surface area contributed by atoms with Crippen LogP contribution in [-0.4, -0.2) is 16.2 Å². The van der Waals surface area contributed by atoms with Gasteiger partial charge in [0.1, 0.15) is 0 Å². The molecule has 1 aromatic carbocycles. The molecular formula is C17H23N3O. The Morgan fingerprint density at radius 3 is 2.67 bits per heavy atom. The van der Waals surface area contributed by atoms with Crippen LogP contribution in [0.3, 0.4) is 0 Å². The summed E-state index contributed by atoms with van der Waals surface area (Å²) in [6.07, 6.45) is 6.82. The Labute approximate surface area is 126 Å². The van der Waals surface area contributed by atoms with E-state index in [1.807, 2.05) is 30.3 Å². The summed E-state index contributed by atoms with van der Waals surface area (Å²) in [6.45, 7) is 2.92. The first-order valence-electron chi connectivity index (χ1n) is 7.94. The summed E-state index contributed by atoms with van der Waals surface area (Å²) in [7, 11) is 0. The van der Waals surface area contributed by atoms with Gasteiger partial charge in [-0.05, 0) is 37.8 Å². The summed E-state index contributed by atoms with van der Waals surface area (Å²) < 4.78 is 5.72. The minimum Gasteiger partial charge on any atom is -0.419 e. The number of rotatable bonds is 5. The van der Waals surface area contributed by atoms with Crippen LogP contribution in [0.15, 0.2) is 34.7 Å². The number of aromatic nitrogens is 2. The molecular weight excluding hydrogens is 262 g/mol. The van der Waals surface area contributed by atoms with Crippen molar-refractivity contribution in [2.45, 2.75) is 51.6 Å². The van der Waals surface area contributed by atoms with Crippen molar-refractivity contribution in [2.75, 3.05) is 0 Å². The third kappa shape index (κ3) is 3.70. The lowest BCUT2D eigenvalue weighted by Gasteiger charge is -2.27. The Morgan fingerprint density at radius 1 is 1.14 bits per heavy atom. The molecule has 4 heteroatoms. The van der Waals surface area contributed by atoms with Gasteiger partial charge >= 0.3 is 0 Å². The number of nitrogens with one attached hydrogen (secondary N) is 1. The van der Waals surface area contributed by atoms with E-state index in [9.17, 15) is 0 Å². The largest absolute Gasteiger partial charge is 0.419 e. The van der Waals surface area contributed by atoms with Crippen molar-refractivity contribution >= 4 is 0 Å². The van der Waals surface area contributed by atoms with Gasteiger partial charge in [-0.2, -0.15) is 0 Å². The fraction of sp³-hybridized carbons (Fsp3) is 0.529. The second-order valence-electron chi connectivity index (χ2n) is 5.93. The van der Waals surface area contributed by atoms with Gasteiger partial charge in [0.2, 0.25) is 11.8 Å². The third-order valence-corrected chi connectivity index (χ3v) is 4.42. The van der Waals surface area contributed by atoms with Gasteiger partial charge in [-0.1, -0.05) is 37.5 Å². The Kier molecular flexibility index (Phi) is 4.65. The highest BCUT2D eigenvalue weighted by molar-refractivity contribution is 5.51. The number of hydrogen-bond acceptors (Lipinski definition) is 4. The molecule has 1 heterocycles. The smallest absolute Gasteiger partial charge is 0.247 e. The summed E-state index contributed by atoms with van der Waals surface area (Å²) in [4.78, 5) is 0. The highest BCUT2D eigenvalue weighted by Gasteiger charge is 2.20. The second-order valence-corrected chi connectivity index (χ2v) is 5.93. The van der Waals surface area contributed by atoms with Crippen molar-refractivity contribution in [1.82, 2.24) is 15.5 Å². The molecule has 1 aliphatic rings. The molecule has 0 aliphatic heterocycles. The lowest BCUT2D eigenvalue weighted by atomic mass is 9.84. The average Bonchev–Trinajstić information content (AvgIpc) is 3.03. The van der Waals surface area contributed by atoms with Gasteiger partial charge in [0, 0.05) is 11.6 Å². The lowest BCUT2D eigenvalue weighted by molar-refractivity contribution is 0.274. The molecule has 1 atom stereocenters. The van der Waals surface area contributed by atoms with Crippen molar-refractivity contribution in [1.29, 1.82) is 0 Å². The van der Waals surface area contributed by atoms with Gasteiger partial charge in [0.25, 0.3) is 0 Å². The Bertz CT molecular complexity index is 546. The van der Waals surface area contributed by atoms with Crippen LogP contribution in [0.25, 0.3) is 11.5 Å². The summed E-state index contributed by atoms with van der Waals surface area (Å²) in [6, 6.07) is 10.4. The molecule has 1 N–H and O–H groups in total. The predicted molar refractivity (Wildman–Crippen MR) is 82.6 cm³/mol. The SMILES string of the molecule is CC(NCc1nnc(-c2ccccc2)o1)C1CCCCC1. The minimum atomic E-state index is 0.511. The van der Waals surface area contributed by atoms with E-state index >= 15 is 0 Å². The van der Waals surface area contributed by atoms with Crippen LogP contribution in [0.5, 0.6) is 0 Å². The van der Waals surface area contributed by atoms with E-state index in [-0.39, 0.29) is 0 Å². The molecule has 1 saturated carbocycles. The Hall–Kier alpha value is -1.68. The third-order valence-electron chi connectivity index (χ3n) is 4.42. The molecule has 0 radical (unpaired) electrons. The summed E-state index contributed by atoms with van der Waals surface area (Å²) in [5.41, 5.74) is 0.969. The first-order chi connectivity index (χ1) is 10.3. The quantitative estimate of drug-likeness (QED) is 0.908. The van der Waals surface area contributed by atoms with Crippen molar-refractivity contribution in [3.63, 3.8) is 0 Å². The van der Waals surface area contributed by atoms with Crippen LogP contribution in [0, 0.1) is 5.92 Å². The van der Waals surface area contributed by atoms with E-state index in [0.717, 1.165) is 11.5 Å². The van der Waals surface area contributed by atoms with Crippen LogP contribution < -0.4 is 5.32 Å². The normalized spacial score (nSPS) is 17.8. The van der Waals surface area contributed by atoms with Crippen LogP contribution in [0.1, 0.15) is 44.9 Å². The van der Waals surface area contributed by atoms with Crippen LogP contribution in [0.2, 0.25) is 0 Å². The number of benzene rings is 1. The first-order valence-corrected chi connectivity index (χ1v) is 7.94. The number of hydrogen-bond donors (Lipinski definition) is 1.